The van der Waals surface area contributed by atoms with Gasteiger partial charge in [-0.05, 0) is 0 Å². The van der Waals surface area contributed by atoms with E-state index in [0.29, 0.717) is 0 Å². The molecule has 0 heterocycles. The van der Waals surface area contributed by atoms with E-state index in [4.69, 9.17) is 9.11 Å². The Bertz CT molecular complexity index is 237. The zero-order valence-electron chi connectivity index (χ0n) is 4.16. The summed E-state index contributed by atoms with van der Waals surface area (Å²) < 4.78 is 55.6. The summed E-state index contributed by atoms with van der Waals surface area (Å²) >= 11 is 0. The maximum atomic E-state index is 9.44. The summed E-state index contributed by atoms with van der Waals surface area (Å²) in [5, 5.41) is 0. The SMILES string of the molecule is I.O=S(=O)(O)OS(=O)(=O)O. The third-order valence-electron chi connectivity index (χ3n) is 0.172. The van der Waals surface area contributed by atoms with Gasteiger partial charge in [0, 0.05) is 0 Å². The monoisotopic (exact) mass is 306 g/mol. The van der Waals surface area contributed by atoms with Gasteiger partial charge in [0.15, 0.2) is 0 Å². The largest absolute Gasteiger partial charge is 0.413 e. The topological polar surface area (TPSA) is 118 Å². The zero-order chi connectivity index (χ0) is 7.71. The van der Waals surface area contributed by atoms with E-state index in [2.05, 4.69) is 3.63 Å². The lowest BCUT2D eigenvalue weighted by molar-refractivity contribution is 0.344. The van der Waals surface area contributed by atoms with Gasteiger partial charge in [0.05, 0.1) is 0 Å². The minimum Gasteiger partial charge on any atom is -0.263 e. The lowest BCUT2D eigenvalue weighted by atomic mass is 15.8. The van der Waals surface area contributed by atoms with Gasteiger partial charge in [0.25, 0.3) is 0 Å². The first-order valence-corrected chi connectivity index (χ1v) is 4.10. The minimum absolute atomic E-state index is 0. The molecule has 0 atom stereocenters. The Hall–Kier alpha value is 0.510. The molecular weight excluding hydrogens is 303 g/mol. The lowest BCUT2D eigenvalue weighted by Crippen LogP contribution is -2.10. The normalized spacial score (nSPS) is 12.2. The van der Waals surface area contributed by atoms with Gasteiger partial charge in [-0.15, -0.1) is 27.6 Å². The fraction of sp³-hybridized carbons (Fsp3) is 0. The molecule has 0 radical (unpaired) electrons. The second-order valence-electron chi connectivity index (χ2n) is 0.924. The van der Waals surface area contributed by atoms with Crippen LogP contribution in [-0.4, -0.2) is 25.9 Å². The second kappa shape index (κ2) is 3.77. The summed E-state index contributed by atoms with van der Waals surface area (Å²) in [4.78, 5) is 0. The van der Waals surface area contributed by atoms with Crippen LogP contribution in [0.5, 0.6) is 0 Å². The molecule has 0 saturated carbocycles. The molecular formula is H3IO7S2. The van der Waals surface area contributed by atoms with E-state index in [1.807, 2.05) is 0 Å². The van der Waals surface area contributed by atoms with Crippen LogP contribution in [0.4, 0.5) is 0 Å². The van der Waals surface area contributed by atoms with Crippen LogP contribution in [0.15, 0.2) is 0 Å². The first kappa shape index (κ1) is 13.1. The molecule has 7 nitrogen and oxygen atoms in total. The van der Waals surface area contributed by atoms with Crippen LogP contribution < -0.4 is 0 Å². The second-order valence-corrected chi connectivity index (χ2v) is 3.18. The number of hydrogen-bond donors (Lipinski definition) is 2. The smallest absolute Gasteiger partial charge is 0.263 e. The van der Waals surface area contributed by atoms with E-state index >= 15 is 0 Å². The van der Waals surface area contributed by atoms with E-state index in [1.54, 1.807) is 0 Å². The summed E-state index contributed by atoms with van der Waals surface area (Å²) in [6, 6.07) is 0. The van der Waals surface area contributed by atoms with Gasteiger partial charge in [-0.25, -0.2) is 0 Å². The number of halogens is 1. The number of hydrogen-bond acceptors (Lipinski definition) is 5. The van der Waals surface area contributed by atoms with Crippen molar-refractivity contribution in [2.75, 3.05) is 0 Å². The summed E-state index contributed by atoms with van der Waals surface area (Å²) in [6.07, 6.45) is 0. The maximum Gasteiger partial charge on any atom is 0.413 e. The van der Waals surface area contributed by atoms with E-state index in [9.17, 15) is 16.8 Å². The van der Waals surface area contributed by atoms with Crippen molar-refractivity contribution in [3.63, 3.8) is 0 Å². The van der Waals surface area contributed by atoms with Gasteiger partial charge in [0.2, 0.25) is 0 Å². The van der Waals surface area contributed by atoms with Crippen molar-refractivity contribution in [2.24, 2.45) is 0 Å². The molecule has 0 aliphatic carbocycles. The molecule has 10 heavy (non-hydrogen) atoms. The summed E-state index contributed by atoms with van der Waals surface area (Å²) in [5.41, 5.74) is 0. The highest BCUT2D eigenvalue weighted by atomic mass is 127. The van der Waals surface area contributed by atoms with Crippen LogP contribution in [0.25, 0.3) is 0 Å². The van der Waals surface area contributed by atoms with Gasteiger partial charge < -0.3 is 0 Å². The Morgan fingerprint density at radius 1 is 0.900 bits per heavy atom. The average Bonchev–Trinajstić information content (AvgIpc) is 1.14. The van der Waals surface area contributed by atoms with E-state index in [-0.39, 0.29) is 24.0 Å². The third-order valence-corrected chi connectivity index (χ3v) is 1.55. The van der Waals surface area contributed by atoms with Crippen LogP contribution in [0.3, 0.4) is 0 Å². The highest BCUT2D eigenvalue weighted by Crippen LogP contribution is 1.91. The zero-order valence-corrected chi connectivity index (χ0v) is 8.12. The Morgan fingerprint density at radius 2 is 1.10 bits per heavy atom. The molecule has 0 rings (SSSR count). The molecule has 0 aromatic heterocycles. The van der Waals surface area contributed by atoms with Gasteiger partial charge in [-0.1, -0.05) is 0 Å². The third kappa shape index (κ3) is 11.3. The summed E-state index contributed by atoms with van der Waals surface area (Å²) in [7, 11) is -10.2. The average molecular weight is 306 g/mol. The molecule has 64 valence electrons. The Morgan fingerprint density at radius 3 is 1.10 bits per heavy atom. The van der Waals surface area contributed by atoms with Gasteiger partial charge >= 0.3 is 20.8 Å². The molecule has 0 unspecified atom stereocenters. The molecule has 0 fully saturated rings. The van der Waals surface area contributed by atoms with Crippen molar-refractivity contribution in [1.29, 1.82) is 0 Å². The van der Waals surface area contributed by atoms with Crippen LogP contribution in [0.1, 0.15) is 0 Å². The van der Waals surface area contributed by atoms with Crippen molar-refractivity contribution in [1.82, 2.24) is 0 Å². The van der Waals surface area contributed by atoms with Crippen LogP contribution in [0, 0.1) is 0 Å². The standard InChI is InChI=1S/HI.H2O7S2/c;1-8(2,3)7-9(4,5)6/h1H;(H,1,2,3)(H,4,5,6). The van der Waals surface area contributed by atoms with Gasteiger partial charge in [0.1, 0.15) is 0 Å². The van der Waals surface area contributed by atoms with Crippen molar-refractivity contribution < 1.29 is 29.6 Å². The van der Waals surface area contributed by atoms with E-state index in [0.717, 1.165) is 0 Å². The molecule has 0 saturated heterocycles. The van der Waals surface area contributed by atoms with E-state index < -0.39 is 20.8 Å². The first-order chi connectivity index (χ1) is 3.71. The van der Waals surface area contributed by atoms with Crippen LogP contribution in [0.2, 0.25) is 0 Å². The summed E-state index contributed by atoms with van der Waals surface area (Å²) in [5.74, 6) is 0. The quantitative estimate of drug-likeness (QED) is 0.508. The molecule has 0 aliphatic rings. The predicted octanol–water partition coefficient (Wildman–Crippen LogP) is -0.773. The van der Waals surface area contributed by atoms with Crippen LogP contribution in [-0.2, 0) is 24.4 Å². The van der Waals surface area contributed by atoms with Gasteiger partial charge in [-0.3, -0.25) is 9.11 Å². The van der Waals surface area contributed by atoms with Crippen LogP contribution >= 0.6 is 24.0 Å². The Balaban J connectivity index is 0. The fourth-order valence-corrected chi connectivity index (χ4v) is 0.978. The molecule has 2 N–H and O–H groups in total. The Kier molecular flexibility index (Phi) is 4.95. The van der Waals surface area contributed by atoms with E-state index in [1.165, 1.54) is 0 Å². The summed E-state index contributed by atoms with van der Waals surface area (Å²) in [6.45, 7) is 0. The first-order valence-electron chi connectivity index (χ1n) is 1.37. The van der Waals surface area contributed by atoms with Crippen molar-refractivity contribution in [3.8, 4) is 0 Å². The van der Waals surface area contributed by atoms with Crippen molar-refractivity contribution >= 4 is 44.8 Å². The highest BCUT2D eigenvalue weighted by molar-refractivity contribution is 14.0. The molecule has 0 aromatic carbocycles. The van der Waals surface area contributed by atoms with Gasteiger partial charge in [-0.2, -0.15) is 16.8 Å². The fourth-order valence-electron chi connectivity index (χ4n) is 0.109. The molecule has 0 aliphatic heterocycles. The predicted molar refractivity (Wildman–Crippen MR) is 39.6 cm³/mol. The maximum absolute atomic E-state index is 9.44. The molecule has 0 amide bonds. The van der Waals surface area contributed by atoms with Crippen molar-refractivity contribution in [2.45, 2.75) is 0 Å². The highest BCUT2D eigenvalue weighted by Gasteiger charge is 2.15. The number of rotatable bonds is 2. The van der Waals surface area contributed by atoms with Crippen molar-refractivity contribution in [3.05, 3.63) is 0 Å². The minimum atomic E-state index is -5.12. The molecule has 0 bridgehead atoms. The Labute approximate surface area is 74.3 Å². The molecule has 0 spiro atoms. The molecule has 10 heteroatoms. The molecule has 0 aromatic rings. The lowest BCUT2D eigenvalue weighted by Gasteiger charge is -1.89.